The quantitative estimate of drug-likeness (QED) is 0.451. The lowest BCUT2D eigenvalue weighted by molar-refractivity contribution is 0.101. The van der Waals surface area contributed by atoms with Crippen molar-refractivity contribution in [2.24, 2.45) is 0 Å². The van der Waals surface area contributed by atoms with Gasteiger partial charge in [0.15, 0.2) is 11.5 Å². The summed E-state index contributed by atoms with van der Waals surface area (Å²) in [7, 11) is 0. The molecule has 0 saturated heterocycles. The van der Waals surface area contributed by atoms with Gasteiger partial charge < -0.3 is 14.6 Å². The summed E-state index contributed by atoms with van der Waals surface area (Å²) in [5, 5.41) is 11.0. The minimum absolute atomic E-state index is 0.154. The highest BCUT2D eigenvalue weighted by molar-refractivity contribution is 6.03. The lowest BCUT2D eigenvalue weighted by Crippen LogP contribution is -2.16. The van der Waals surface area contributed by atoms with E-state index < -0.39 is 5.91 Å². The molecule has 0 spiro atoms. The van der Waals surface area contributed by atoms with Gasteiger partial charge in [0.05, 0.1) is 12.1 Å². The predicted octanol–water partition coefficient (Wildman–Crippen LogP) is 4.82. The first-order valence-corrected chi connectivity index (χ1v) is 10.1. The zero-order valence-electron chi connectivity index (χ0n) is 18.1. The number of aryl methyl sites for hydroxylation is 3. The van der Waals surface area contributed by atoms with Crippen LogP contribution < -0.4 is 10.1 Å². The smallest absolute Gasteiger partial charge is 0.279 e. The van der Waals surface area contributed by atoms with Crippen LogP contribution in [0.15, 0.2) is 59.3 Å². The first-order chi connectivity index (χ1) is 15.4. The number of rotatable bonds is 7. The van der Waals surface area contributed by atoms with E-state index in [-0.39, 0.29) is 18.1 Å². The van der Waals surface area contributed by atoms with Gasteiger partial charge in [-0.2, -0.15) is 5.10 Å². The van der Waals surface area contributed by atoms with Crippen molar-refractivity contribution in [1.29, 1.82) is 0 Å². The van der Waals surface area contributed by atoms with E-state index in [1.807, 2.05) is 32.0 Å². The summed E-state index contributed by atoms with van der Waals surface area (Å²) in [6, 6.07) is 13.8. The van der Waals surface area contributed by atoms with Crippen molar-refractivity contribution >= 4 is 11.7 Å². The van der Waals surface area contributed by atoms with Crippen molar-refractivity contribution in [3.05, 3.63) is 94.3 Å². The van der Waals surface area contributed by atoms with Crippen molar-refractivity contribution in [3.8, 4) is 5.75 Å². The Kier molecular flexibility index (Phi) is 6.02. The van der Waals surface area contributed by atoms with E-state index in [2.05, 4.69) is 15.6 Å². The summed E-state index contributed by atoms with van der Waals surface area (Å²) in [6.45, 7) is 6.29. The highest BCUT2D eigenvalue weighted by atomic mass is 19.1. The molecule has 0 saturated carbocycles. The van der Waals surface area contributed by atoms with Crippen LogP contribution in [0.4, 0.5) is 10.2 Å². The van der Waals surface area contributed by atoms with E-state index in [1.165, 1.54) is 12.1 Å². The highest BCUT2D eigenvalue weighted by Crippen LogP contribution is 2.25. The van der Waals surface area contributed by atoms with E-state index >= 15 is 0 Å². The normalized spacial score (nSPS) is 10.9. The van der Waals surface area contributed by atoms with Gasteiger partial charge in [-0.1, -0.05) is 35.5 Å². The molecule has 0 atom stereocenters. The second-order valence-electron chi connectivity index (χ2n) is 7.55. The largest absolute Gasteiger partial charge is 0.488 e. The number of amides is 1. The molecule has 0 fully saturated rings. The van der Waals surface area contributed by atoms with Crippen LogP contribution in [0.5, 0.6) is 5.75 Å². The molecule has 4 rings (SSSR count). The number of nitrogens with zero attached hydrogens (tertiary/aromatic N) is 3. The minimum atomic E-state index is -0.436. The average Bonchev–Trinajstić information content (AvgIpc) is 3.35. The summed E-state index contributed by atoms with van der Waals surface area (Å²) < 4.78 is 26.0. The maximum atomic E-state index is 13.1. The molecular weight excluding hydrogens is 411 g/mol. The number of ether oxygens (including phenoxy) is 1. The zero-order chi connectivity index (χ0) is 22.7. The summed E-state index contributed by atoms with van der Waals surface area (Å²) >= 11 is 0. The van der Waals surface area contributed by atoms with Crippen LogP contribution in [0.25, 0.3) is 0 Å². The fraction of sp³-hybridized carbons (Fsp3) is 0.208. The van der Waals surface area contributed by atoms with Gasteiger partial charge in [0, 0.05) is 12.3 Å². The van der Waals surface area contributed by atoms with E-state index in [9.17, 15) is 9.18 Å². The average molecular weight is 434 g/mol. The third-order valence-corrected chi connectivity index (χ3v) is 5.11. The van der Waals surface area contributed by atoms with E-state index in [0.717, 1.165) is 22.4 Å². The van der Waals surface area contributed by atoms with Gasteiger partial charge in [-0.05, 0) is 49.6 Å². The maximum absolute atomic E-state index is 13.1. The van der Waals surface area contributed by atoms with Gasteiger partial charge in [-0.25, -0.2) is 4.39 Å². The fourth-order valence-corrected chi connectivity index (χ4v) is 3.38. The molecule has 2 heterocycles. The molecule has 0 radical (unpaired) electrons. The summed E-state index contributed by atoms with van der Waals surface area (Å²) in [5.74, 6) is 0.943. The zero-order valence-corrected chi connectivity index (χ0v) is 18.1. The summed E-state index contributed by atoms with van der Waals surface area (Å²) in [5.41, 5.74) is 3.65. The molecule has 0 bridgehead atoms. The molecule has 0 aliphatic rings. The molecule has 7 nitrogen and oxygen atoms in total. The van der Waals surface area contributed by atoms with Gasteiger partial charge in [0.1, 0.15) is 23.9 Å². The third kappa shape index (κ3) is 4.69. The Morgan fingerprint density at radius 1 is 1.09 bits per heavy atom. The van der Waals surface area contributed by atoms with E-state index in [1.54, 1.807) is 36.0 Å². The second kappa shape index (κ2) is 9.05. The Labute approximate surface area is 184 Å². The fourth-order valence-electron chi connectivity index (χ4n) is 3.38. The number of para-hydroxylation sites is 1. The Balaban J connectivity index is 1.44. The Hall–Kier alpha value is -3.94. The van der Waals surface area contributed by atoms with Crippen LogP contribution in [0.2, 0.25) is 0 Å². The van der Waals surface area contributed by atoms with Crippen LogP contribution in [0, 0.1) is 26.6 Å². The highest BCUT2D eigenvalue weighted by Gasteiger charge is 2.21. The SMILES string of the molecule is Cc1cccc(C)c1OCc1c(C(=O)Nc2ccn(Cc3ccc(F)cc3)n2)noc1C. The number of nitrogens with one attached hydrogen (secondary N) is 1. The van der Waals surface area contributed by atoms with Crippen LogP contribution in [0.3, 0.4) is 0 Å². The molecule has 164 valence electrons. The number of aromatic nitrogens is 3. The molecule has 32 heavy (non-hydrogen) atoms. The number of anilines is 1. The molecule has 0 aliphatic heterocycles. The van der Waals surface area contributed by atoms with Crippen molar-refractivity contribution in [2.45, 2.75) is 33.9 Å². The van der Waals surface area contributed by atoms with Crippen molar-refractivity contribution in [1.82, 2.24) is 14.9 Å². The molecule has 0 unspecified atom stereocenters. The molecular formula is C24H23FN4O3. The Morgan fingerprint density at radius 3 is 2.53 bits per heavy atom. The molecule has 1 amide bonds. The topological polar surface area (TPSA) is 82.2 Å². The number of carbonyl (C=O) groups is 1. The van der Waals surface area contributed by atoms with Gasteiger partial charge in [-0.3, -0.25) is 9.48 Å². The van der Waals surface area contributed by atoms with Crippen LogP contribution in [-0.4, -0.2) is 20.8 Å². The van der Waals surface area contributed by atoms with Gasteiger partial charge in [0.2, 0.25) is 0 Å². The lowest BCUT2D eigenvalue weighted by Gasteiger charge is -2.12. The van der Waals surface area contributed by atoms with E-state index in [4.69, 9.17) is 9.26 Å². The predicted molar refractivity (Wildman–Crippen MR) is 117 cm³/mol. The number of carbonyl (C=O) groups excluding carboxylic acids is 1. The molecule has 1 N–H and O–H groups in total. The molecule has 2 aromatic heterocycles. The molecule has 4 aromatic rings. The second-order valence-corrected chi connectivity index (χ2v) is 7.55. The first kappa shape index (κ1) is 21.3. The van der Waals surface area contributed by atoms with Gasteiger partial charge in [0.25, 0.3) is 5.91 Å². The third-order valence-electron chi connectivity index (χ3n) is 5.11. The van der Waals surface area contributed by atoms with Crippen molar-refractivity contribution in [2.75, 3.05) is 5.32 Å². The first-order valence-electron chi connectivity index (χ1n) is 10.1. The van der Waals surface area contributed by atoms with Gasteiger partial charge in [-0.15, -0.1) is 0 Å². The number of hydrogen-bond acceptors (Lipinski definition) is 5. The van der Waals surface area contributed by atoms with Crippen LogP contribution in [0.1, 0.15) is 38.5 Å². The van der Waals surface area contributed by atoms with Crippen molar-refractivity contribution in [3.63, 3.8) is 0 Å². The minimum Gasteiger partial charge on any atom is -0.488 e. The Morgan fingerprint density at radius 2 is 1.81 bits per heavy atom. The van der Waals surface area contributed by atoms with Crippen LogP contribution >= 0.6 is 0 Å². The standard InChI is InChI=1S/C24H23FN4O3/c1-15-5-4-6-16(2)23(15)31-14-20-17(3)32-28-22(20)24(30)26-21-11-12-29(27-21)13-18-7-9-19(25)10-8-18/h4-12H,13-14H2,1-3H3,(H,26,27,30). The summed E-state index contributed by atoms with van der Waals surface area (Å²) in [6.07, 6.45) is 1.73. The van der Waals surface area contributed by atoms with Crippen LogP contribution in [-0.2, 0) is 13.2 Å². The monoisotopic (exact) mass is 434 g/mol. The van der Waals surface area contributed by atoms with E-state index in [0.29, 0.717) is 23.7 Å². The van der Waals surface area contributed by atoms with Gasteiger partial charge >= 0.3 is 0 Å². The number of hydrogen-bond donors (Lipinski definition) is 1. The summed E-state index contributed by atoms with van der Waals surface area (Å²) in [4.78, 5) is 12.8. The molecule has 8 heteroatoms. The lowest BCUT2D eigenvalue weighted by atomic mass is 10.1. The number of halogens is 1. The number of benzene rings is 2. The van der Waals surface area contributed by atoms with Crippen molar-refractivity contribution < 1.29 is 18.4 Å². The maximum Gasteiger partial charge on any atom is 0.279 e. The Bertz CT molecular complexity index is 1220. The molecule has 0 aliphatic carbocycles. The molecule has 2 aromatic carbocycles.